The smallest absolute Gasteiger partial charge is 0.168 e. The van der Waals surface area contributed by atoms with Crippen LogP contribution in [0.2, 0.25) is 0 Å². The molecule has 2 aliphatic rings. The summed E-state index contributed by atoms with van der Waals surface area (Å²) >= 11 is 0. The highest BCUT2D eigenvalue weighted by Gasteiger charge is 2.30. The van der Waals surface area contributed by atoms with Gasteiger partial charge in [0.1, 0.15) is 0 Å². The largest absolute Gasteiger partial charge is 0.303 e. The first-order chi connectivity index (χ1) is 10.8. The predicted molar refractivity (Wildman–Crippen MR) is 97.6 cm³/mol. The molecule has 1 unspecified atom stereocenters. The van der Waals surface area contributed by atoms with Crippen LogP contribution in [0.25, 0.3) is 10.8 Å². The van der Waals surface area contributed by atoms with Crippen molar-refractivity contribution < 1.29 is 4.79 Å². The summed E-state index contributed by atoms with van der Waals surface area (Å²) in [4.78, 5) is 15.6. The van der Waals surface area contributed by atoms with E-state index in [0.29, 0.717) is 5.78 Å². The average molecular weight is 330 g/mol. The van der Waals surface area contributed by atoms with Crippen LogP contribution in [0, 0.1) is 5.92 Å². The number of hydrogen-bond acceptors (Lipinski definition) is 2. The Balaban J connectivity index is 0.00000156. The highest BCUT2D eigenvalue weighted by Crippen LogP contribution is 2.32. The van der Waals surface area contributed by atoms with E-state index in [0.717, 1.165) is 30.3 Å². The van der Waals surface area contributed by atoms with Crippen LogP contribution in [0.5, 0.6) is 0 Å². The maximum Gasteiger partial charge on any atom is 0.168 e. The minimum atomic E-state index is 0. The lowest BCUT2D eigenvalue weighted by Gasteiger charge is -2.32. The van der Waals surface area contributed by atoms with Gasteiger partial charge in [-0.3, -0.25) is 4.79 Å². The monoisotopic (exact) mass is 329 g/mol. The number of benzene rings is 2. The van der Waals surface area contributed by atoms with Crippen molar-refractivity contribution in [2.75, 3.05) is 19.6 Å². The average Bonchev–Trinajstić information content (AvgIpc) is 2.58. The topological polar surface area (TPSA) is 20.3 Å². The Kier molecular flexibility index (Phi) is 5.03. The van der Waals surface area contributed by atoms with E-state index in [1.54, 1.807) is 0 Å². The number of aryl methyl sites for hydroxylation is 1. The van der Waals surface area contributed by atoms with Crippen molar-refractivity contribution in [1.82, 2.24) is 4.90 Å². The summed E-state index contributed by atoms with van der Waals surface area (Å²) in [6.07, 6.45) is 5.99. The maximum atomic E-state index is 13.1. The van der Waals surface area contributed by atoms with Crippen LogP contribution in [-0.2, 0) is 6.42 Å². The quantitative estimate of drug-likeness (QED) is 0.809. The molecule has 1 aliphatic carbocycles. The van der Waals surface area contributed by atoms with E-state index in [4.69, 9.17) is 0 Å². The molecule has 1 saturated heterocycles. The van der Waals surface area contributed by atoms with Crippen LogP contribution < -0.4 is 0 Å². The summed E-state index contributed by atoms with van der Waals surface area (Å²) in [6, 6.07) is 12.6. The van der Waals surface area contributed by atoms with Crippen LogP contribution in [0.15, 0.2) is 36.4 Å². The zero-order valence-corrected chi connectivity index (χ0v) is 14.3. The van der Waals surface area contributed by atoms with Gasteiger partial charge in [-0.15, -0.1) is 12.4 Å². The molecule has 23 heavy (non-hydrogen) atoms. The molecule has 122 valence electrons. The van der Waals surface area contributed by atoms with Gasteiger partial charge in [0.2, 0.25) is 0 Å². The molecule has 4 rings (SSSR count). The van der Waals surface area contributed by atoms with Gasteiger partial charge in [-0.2, -0.15) is 0 Å². The van der Waals surface area contributed by atoms with E-state index < -0.39 is 0 Å². The van der Waals surface area contributed by atoms with Gasteiger partial charge in [0.15, 0.2) is 5.78 Å². The normalized spacial score (nSPS) is 21.7. The van der Waals surface area contributed by atoms with Crippen molar-refractivity contribution in [3.8, 4) is 0 Å². The van der Waals surface area contributed by atoms with Crippen LogP contribution in [-0.4, -0.2) is 30.3 Å². The Morgan fingerprint density at radius 3 is 2.61 bits per heavy atom. The van der Waals surface area contributed by atoms with E-state index in [1.807, 2.05) is 12.1 Å². The summed E-state index contributed by atoms with van der Waals surface area (Å²) in [5, 5.41) is 2.33. The van der Waals surface area contributed by atoms with E-state index in [9.17, 15) is 4.79 Å². The van der Waals surface area contributed by atoms with E-state index >= 15 is 0 Å². The lowest BCUT2D eigenvalue weighted by Crippen LogP contribution is -2.38. The van der Waals surface area contributed by atoms with E-state index in [1.165, 1.54) is 43.3 Å². The molecule has 0 aromatic heterocycles. The maximum absolute atomic E-state index is 13.1. The van der Waals surface area contributed by atoms with Gasteiger partial charge in [-0.1, -0.05) is 42.8 Å². The van der Waals surface area contributed by atoms with Crippen LogP contribution in [0.1, 0.15) is 41.6 Å². The van der Waals surface area contributed by atoms with Crippen molar-refractivity contribution in [3.63, 3.8) is 0 Å². The molecule has 0 radical (unpaired) electrons. The lowest BCUT2D eigenvalue weighted by atomic mass is 9.80. The highest BCUT2D eigenvalue weighted by molar-refractivity contribution is 6.11. The Labute approximate surface area is 144 Å². The molecule has 1 aliphatic heterocycles. The second-order valence-electron chi connectivity index (χ2n) is 6.78. The number of fused-ring (bicyclic) bond motifs is 3. The van der Waals surface area contributed by atoms with Crippen molar-refractivity contribution in [2.45, 2.75) is 32.1 Å². The molecule has 0 amide bonds. The summed E-state index contributed by atoms with van der Waals surface area (Å²) in [7, 11) is 0. The molecule has 1 atom stereocenters. The van der Waals surface area contributed by atoms with Crippen LogP contribution in [0.4, 0.5) is 0 Å². The first-order valence-corrected chi connectivity index (χ1v) is 8.60. The highest BCUT2D eigenvalue weighted by atomic mass is 35.5. The third-order valence-electron chi connectivity index (χ3n) is 5.32. The van der Waals surface area contributed by atoms with Crippen LogP contribution >= 0.6 is 12.4 Å². The van der Waals surface area contributed by atoms with Gasteiger partial charge >= 0.3 is 0 Å². The molecule has 3 heteroatoms. The fourth-order valence-electron chi connectivity index (χ4n) is 4.11. The van der Waals surface area contributed by atoms with Gasteiger partial charge in [-0.05, 0) is 55.1 Å². The third-order valence-corrected chi connectivity index (χ3v) is 5.32. The van der Waals surface area contributed by atoms with Gasteiger partial charge in [0.05, 0.1) is 0 Å². The van der Waals surface area contributed by atoms with Crippen molar-refractivity contribution >= 4 is 29.0 Å². The number of carbonyl (C=O) groups excluding carboxylic acids is 1. The van der Waals surface area contributed by atoms with Crippen molar-refractivity contribution in [3.05, 3.63) is 47.5 Å². The number of hydrogen-bond donors (Lipinski definition) is 0. The predicted octanol–water partition coefficient (Wildman–Crippen LogP) is 4.49. The fourth-order valence-corrected chi connectivity index (χ4v) is 4.11. The zero-order chi connectivity index (χ0) is 14.9. The number of halogens is 1. The molecule has 0 bridgehead atoms. The first-order valence-electron chi connectivity index (χ1n) is 8.60. The Morgan fingerprint density at radius 1 is 1.00 bits per heavy atom. The number of likely N-dealkylation sites (tertiary alicyclic amines) is 1. The molecule has 2 aromatic rings. The molecule has 2 nitrogen and oxygen atoms in total. The van der Waals surface area contributed by atoms with Gasteiger partial charge in [0.25, 0.3) is 0 Å². The summed E-state index contributed by atoms with van der Waals surface area (Å²) < 4.78 is 0. The van der Waals surface area contributed by atoms with Gasteiger partial charge in [-0.25, -0.2) is 0 Å². The molecule has 0 N–H and O–H groups in total. The number of rotatable bonds is 2. The molecule has 2 aromatic carbocycles. The standard InChI is InChI=1S/C20H23NO.ClH/c22-20-17(14-21-12-4-1-5-13-21)11-10-16-9-8-15-6-2-3-7-18(15)19(16)20;/h2-3,6-9,17H,1,4-5,10-14H2;1H. The van der Waals surface area contributed by atoms with Gasteiger partial charge in [0, 0.05) is 18.0 Å². The summed E-state index contributed by atoms with van der Waals surface area (Å²) in [5.41, 5.74) is 2.25. The molecule has 1 fully saturated rings. The Hall–Kier alpha value is -1.38. The molecular weight excluding hydrogens is 306 g/mol. The SMILES string of the molecule is Cl.O=C1c2c(ccc3ccccc23)CCC1CN1CCCCC1. The molecule has 0 saturated carbocycles. The fraction of sp³-hybridized carbons (Fsp3) is 0.450. The zero-order valence-electron chi connectivity index (χ0n) is 13.5. The molecule has 1 heterocycles. The number of Topliss-reactive ketones (excluding diaryl/α,β-unsaturated/α-hetero) is 1. The summed E-state index contributed by atoms with van der Waals surface area (Å²) in [6.45, 7) is 3.31. The number of nitrogens with zero attached hydrogens (tertiary/aromatic N) is 1. The number of ketones is 1. The minimum absolute atomic E-state index is 0. The lowest BCUT2D eigenvalue weighted by molar-refractivity contribution is 0.0847. The first kappa shape index (κ1) is 16.5. The minimum Gasteiger partial charge on any atom is -0.303 e. The van der Waals surface area contributed by atoms with Crippen molar-refractivity contribution in [2.24, 2.45) is 5.92 Å². The Morgan fingerprint density at radius 2 is 1.78 bits per heavy atom. The molecule has 0 spiro atoms. The molecular formula is C20H24ClNO. The van der Waals surface area contributed by atoms with Crippen molar-refractivity contribution in [1.29, 1.82) is 0 Å². The van der Waals surface area contributed by atoms with Gasteiger partial charge < -0.3 is 4.90 Å². The third kappa shape index (κ3) is 3.15. The second-order valence-corrected chi connectivity index (χ2v) is 6.78. The number of piperidine rings is 1. The second kappa shape index (κ2) is 7.02. The Bertz CT molecular complexity index is 706. The van der Waals surface area contributed by atoms with E-state index in [2.05, 4.69) is 29.2 Å². The van der Waals surface area contributed by atoms with E-state index in [-0.39, 0.29) is 18.3 Å². The summed E-state index contributed by atoms with van der Waals surface area (Å²) in [5.74, 6) is 0.569. The van der Waals surface area contributed by atoms with Crippen LogP contribution in [0.3, 0.4) is 0 Å². The number of carbonyl (C=O) groups is 1.